The Balaban J connectivity index is 1.61. The molecule has 1 aliphatic heterocycles. The van der Waals surface area contributed by atoms with Gasteiger partial charge in [0.2, 0.25) is 10.0 Å². The van der Waals surface area contributed by atoms with E-state index in [-0.39, 0.29) is 10.7 Å². The van der Waals surface area contributed by atoms with Crippen LogP contribution in [0.2, 0.25) is 0 Å². The average molecular weight is 392 g/mol. The molecule has 6 nitrogen and oxygen atoms in total. The number of amides is 1. The fourth-order valence-corrected chi connectivity index (χ4v) is 4.32. The molecule has 27 heavy (non-hydrogen) atoms. The first-order valence-corrected chi connectivity index (χ1v) is 10.1. The lowest BCUT2D eigenvalue weighted by atomic mass is 10.3. The van der Waals surface area contributed by atoms with Crippen LogP contribution in [-0.4, -0.2) is 37.8 Å². The van der Waals surface area contributed by atoms with Gasteiger partial charge in [-0.05, 0) is 68.3 Å². The molecule has 2 aromatic rings. The summed E-state index contributed by atoms with van der Waals surface area (Å²) in [6.45, 7) is 2.66. The van der Waals surface area contributed by atoms with Crippen LogP contribution in [0, 0.1) is 5.82 Å². The number of hydrogen-bond donors (Lipinski definition) is 1. The van der Waals surface area contributed by atoms with Gasteiger partial charge in [-0.1, -0.05) is 0 Å². The summed E-state index contributed by atoms with van der Waals surface area (Å²) in [5.41, 5.74) is 0.468. The minimum absolute atomic E-state index is 0.206. The Hall–Kier alpha value is -2.45. The molecule has 144 valence electrons. The third kappa shape index (κ3) is 4.64. The lowest BCUT2D eigenvalue weighted by Gasteiger charge is -2.17. The van der Waals surface area contributed by atoms with E-state index in [1.54, 1.807) is 19.1 Å². The molecular formula is C19H21FN2O4S. The van der Waals surface area contributed by atoms with Crippen LogP contribution in [0.4, 0.5) is 10.1 Å². The summed E-state index contributed by atoms with van der Waals surface area (Å²) in [7, 11) is -3.48. The number of ether oxygens (including phenoxy) is 1. The predicted octanol–water partition coefficient (Wildman–Crippen LogP) is 3.02. The van der Waals surface area contributed by atoms with E-state index in [1.165, 1.54) is 40.7 Å². The van der Waals surface area contributed by atoms with Gasteiger partial charge in [0.25, 0.3) is 5.91 Å². The van der Waals surface area contributed by atoms with Crippen LogP contribution in [0.1, 0.15) is 19.8 Å². The fourth-order valence-electron chi connectivity index (χ4n) is 2.80. The third-order valence-electron chi connectivity index (χ3n) is 4.32. The van der Waals surface area contributed by atoms with Crippen molar-refractivity contribution in [2.24, 2.45) is 0 Å². The number of nitrogens with one attached hydrogen (secondary N) is 1. The number of rotatable bonds is 6. The van der Waals surface area contributed by atoms with Crippen LogP contribution >= 0.6 is 0 Å². The predicted molar refractivity (Wildman–Crippen MR) is 99.6 cm³/mol. The molecule has 0 saturated carbocycles. The molecule has 1 unspecified atom stereocenters. The minimum atomic E-state index is -3.48. The largest absolute Gasteiger partial charge is 0.481 e. The van der Waals surface area contributed by atoms with E-state index in [2.05, 4.69) is 5.32 Å². The van der Waals surface area contributed by atoms with E-state index in [0.717, 1.165) is 12.8 Å². The number of carbonyl (C=O) groups excluding carboxylic acids is 1. The molecule has 0 aromatic heterocycles. The van der Waals surface area contributed by atoms with Gasteiger partial charge in [-0.15, -0.1) is 0 Å². The molecule has 2 aromatic carbocycles. The zero-order valence-corrected chi connectivity index (χ0v) is 15.7. The second-order valence-corrected chi connectivity index (χ2v) is 8.28. The first-order valence-electron chi connectivity index (χ1n) is 8.69. The number of sulfonamides is 1. The maximum atomic E-state index is 12.9. The highest BCUT2D eigenvalue weighted by Crippen LogP contribution is 2.22. The second kappa shape index (κ2) is 8.06. The number of carbonyl (C=O) groups is 1. The Morgan fingerprint density at radius 2 is 1.67 bits per heavy atom. The molecule has 1 N–H and O–H groups in total. The van der Waals surface area contributed by atoms with Crippen molar-refractivity contribution < 1.29 is 22.3 Å². The summed E-state index contributed by atoms with van der Waals surface area (Å²) in [6.07, 6.45) is 0.946. The lowest BCUT2D eigenvalue weighted by molar-refractivity contribution is -0.122. The Morgan fingerprint density at radius 1 is 1.07 bits per heavy atom. The van der Waals surface area contributed by atoms with Gasteiger partial charge in [-0.2, -0.15) is 4.31 Å². The van der Waals surface area contributed by atoms with E-state index < -0.39 is 22.0 Å². The van der Waals surface area contributed by atoms with Crippen molar-refractivity contribution in [3.05, 3.63) is 54.3 Å². The SMILES string of the molecule is CC(Oc1ccc(F)cc1)C(=O)Nc1ccc(S(=O)(=O)N2CCCC2)cc1. The van der Waals surface area contributed by atoms with Gasteiger partial charge in [0.05, 0.1) is 4.90 Å². The van der Waals surface area contributed by atoms with E-state index in [4.69, 9.17) is 4.74 Å². The molecule has 1 aliphatic rings. The van der Waals surface area contributed by atoms with E-state index in [0.29, 0.717) is 24.5 Å². The van der Waals surface area contributed by atoms with Crippen molar-refractivity contribution >= 4 is 21.6 Å². The smallest absolute Gasteiger partial charge is 0.265 e. The van der Waals surface area contributed by atoms with Crippen molar-refractivity contribution in [3.8, 4) is 5.75 Å². The van der Waals surface area contributed by atoms with Gasteiger partial charge in [0.15, 0.2) is 6.10 Å². The third-order valence-corrected chi connectivity index (χ3v) is 6.23. The summed E-state index contributed by atoms with van der Waals surface area (Å²) in [4.78, 5) is 12.4. The zero-order chi connectivity index (χ0) is 19.4. The quantitative estimate of drug-likeness (QED) is 0.820. The Labute approximate surface area is 158 Å². The molecular weight excluding hydrogens is 371 g/mol. The number of nitrogens with zero attached hydrogens (tertiary/aromatic N) is 1. The minimum Gasteiger partial charge on any atom is -0.481 e. The van der Waals surface area contributed by atoms with E-state index >= 15 is 0 Å². The number of benzene rings is 2. The van der Waals surface area contributed by atoms with E-state index in [1.807, 2.05) is 0 Å². The molecule has 1 saturated heterocycles. The fraction of sp³-hybridized carbons (Fsp3) is 0.316. The maximum Gasteiger partial charge on any atom is 0.265 e. The molecule has 3 rings (SSSR count). The van der Waals surface area contributed by atoms with Gasteiger partial charge >= 0.3 is 0 Å². The molecule has 0 aliphatic carbocycles. The molecule has 1 fully saturated rings. The standard InChI is InChI=1S/C19H21FN2O4S/c1-14(26-17-8-4-15(20)5-9-17)19(23)21-16-6-10-18(11-7-16)27(24,25)22-12-2-3-13-22/h4-11,14H,2-3,12-13H2,1H3,(H,21,23). The maximum absolute atomic E-state index is 12.9. The van der Waals surface area contributed by atoms with Crippen molar-refractivity contribution in [1.82, 2.24) is 4.31 Å². The van der Waals surface area contributed by atoms with Crippen LogP contribution in [0.3, 0.4) is 0 Å². The summed E-state index contributed by atoms with van der Waals surface area (Å²) in [5, 5.41) is 2.68. The topological polar surface area (TPSA) is 75.7 Å². The average Bonchev–Trinajstić information content (AvgIpc) is 3.19. The molecule has 1 heterocycles. The van der Waals surface area contributed by atoms with Crippen LogP contribution in [-0.2, 0) is 14.8 Å². The van der Waals surface area contributed by atoms with Crippen LogP contribution in [0.5, 0.6) is 5.75 Å². The molecule has 1 amide bonds. The van der Waals surface area contributed by atoms with Crippen molar-refractivity contribution in [1.29, 1.82) is 0 Å². The number of halogens is 1. The van der Waals surface area contributed by atoms with Gasteiger partial charge in [0, 0.05) is 18.8 Å². The Morgan fingerprint density at radius 3 is 2.26 bits per heavy atom. The van der Waals surface area contributed by atoms with Gasteiger partial charge < -0.3 is 10.1 Å². The summed E-state index contributed by atoms with van der Waals surface area (Å²) >= 11 is 0. The highest BCUT2D eigenvalue weighted by Gasteiger charge is 2.27. The highest BCUT2D eigenvalue weighted by atomic mass is 32.2. The monoisotopic (exact) mass is 392 g/mol. The van der Waals surface area contributed by atoms with Crippen molar-refractivity contribution in [2.45, 2.75) is 30.8 Å². The molecule has 1 atom stereocenters. The molecule has 0 bridgehead atoms. The van der Waals surface area contributed by atoms with Crippen LogP contribution in [0.15, 0.2) is 53.4 Å². The second-order valence-electron chi connectivity index (χ2n) is 6.34. The Kier molecular flexibility index (Phi) is 5.76. The van der Waals surface area contributed by atoms with Gasteiger partial charge in [-0.3, -0.25) is 4.79 Å². The van der Waals surface area contributed by atoms with Crippen molar-refractivity contribution in [2.75, 3.05) is 18.4 Å². The van der Waals surface area contributed by atoms with Crippen LogP contribution in [0.25, 0.3) is 0 Å². The Bertz CT molecular complexity index is 892. The molecule has 0 radical (unpaired) electrons. The summed E-state index contributed by atoms with van der Waals surface area (Å²) < 4.78 is 44.8. The van der Waals surface area contributed by atoms with Crippen molar-refractivity contribution in [3.63, 3.8) is 0 Å². The first kappa shape index (κ1) is 19.3. The zero-order valence-electron chi connectivity index (χ0n) is 14.9. The van der Waals surface area contributed by atoms with E-state index in [9.17, 15) is 17.6 Å². The summed E-state index contributed by atoms with van der Waals surface area (Å²) in [5.74, 6) is -0.399. The molecule has 0 spiro atoms. The van der Waals surface area contributed by atoms with Crippen LogP contribution < -0.4 is 10.1 Å². The highest BCUT2D eigenvalue weighted by molar-refractivity contribution is 7.89. The normalized spacial score (nSPS) is 16.1. The summed E-state index contributed by atoms with van der Waals surface area (Å²) in [6, 6.07) is 11.4. The van der Waals surface area contributed by atoms with Gasteiger partial charge in [0.1, 0.15) is 11.6 Å². The lowest BCUT2D eigenvalue weighted by Crippen LogP contribution is -2.30. The number of anilines is 1. The first-order chi connectivity index (χ1) is 12.9. The van der Waals surface area contributed by atoms with Gasteiger partial charge in [-0.25, -0.2) is 12.8 Å². The molecule has 8 heteroatoms. The number of hydrogen-bond acceptors (Lipinski definition) is 4.